The second kappa shape index (κ2) is 5.65. The molecule has 1 aliphatic heterocycles. The van der Waals surface area contributed by atoms with E-state index in [0.717, 1.165) is 19.0 Å². The molecule has 17 heavy (non-hydrogen) atoms. The molecule has 2 heteroatoms. The van der Waals surface area contributed by atoms with Gasteiger partial charge in [-0.1, -0.05) is 23.8 Å². The normalized spacial score (nSPS) is 18.5. The Morgan fingerprint density at radius 1 is 1.24 bits per heavy atom. The van der Waals surface area contributed by atoms with Crippen LogP contribution in [-0.2, 0) is 0 Å². The Morgan fingerprint density at radius 3 is 2.59 bits per heavy atom. The largest absolute Gasteiger partial charge is 0.329 e. The minimum Gasteiger partial charge on any atom is -0.329 e. The molecule has 1 fully saturated rings. The Kier molecular flexibility index (Phi) is 4.19. The molecule has 1 saturated heterocycles. The van der Waals surface area contributed by atoms with Gasteiger partial charge in [-0.15, -0.1) is 0 Å². The molecule has 0 bridgehead atoms. The first-order valence-electron chi connectivity index (χ1n) is 6.70. The van der Waals surface area contributed by atoms with Gasteiger partial charge in [-0.3, -0.25) is 0 Å². The van der Waals surface area contributed by atoms with Crippen LogP contribution in [0.3, 0.4) is 0 Å². The number of likely N-dealkylation sites (tertiary alicyclic amines) is 1. The molecule has 1 aromatic rings. The van der Waals surface area contributed by atoms with E-state index in [2.05, 4.69) is 36.9 Å². The molecule has 0 unspecified atom stereocenters. The van der Waals surface area contributed by atoms with Crippen LogP contribution in [0.4, 0.5) is 0 Å². The fourth-order valence-corrected chi connectivity index (χ4v) is 2.85. The van der Waals surface area contributed by atoms with Gasteiger partial charge < -0.3 is 10.6 Å². The summed E-state index contributed by atoms with van der Waals surface area (Å²) in [6.07, 6.45) is 2.56. The van der Waals surface area contributed by atoms with E-state index in [0.29, 0.717) is 0 Å². The molecular formula is C15H24N2. The van der Waals surface area contributed by atoms with Crippen molar-refractivity contribution in [2.75, 3.05) is 26.2 Å². The van der Waals surface area contributed by atoms with Crippen molar-refractivity contribution in [3.8, 4) is 0 Å². The molecule has 0 aliphatic carbocycles. The lowest BCUT2D eigenvalue weighted by atomic mass is 9.86. The molecule has 0 saturated carbocycles. The third kappa shape index (κ3) is 3.08. The highest BCUT2D eigenvalue weighted by Crippen LogP contribution is 2.30. The molecule has 0 atom stereocenters. The van der Waals surface area contributed by atoms with E-state index in [9.17, 15) is 0 Å². The first kappa shape index (κ1) is 12.6. The van der Waals surface area contributed by atoms with Crippen LogP contribution >= 0.6 is 0 Å². The Labute approximate surface area is 105 Å². The topological polar surface area (TPSA) is 29.3 Å². The van der Waals surface area contributed by atoms with Gasteiger partial charge in [-0.05, 0) is 56.8 Å². The number of benzene rings is 1. The molecule has 1 aromatic carbocycles. The number of rotatable bonds is 3. The van der Waals surface area contributed by atoms with Crippen LogP contribution < -0.4 is 5.73 Å². The summed E-state index contributed by atoms with van der Waals surface area (Å²) >= 11 is 0. The molecule has 2 rings (SSSR count). The van der Waals surface area contributed by atoms with Crippen molar-refractivity contribution < 1.29 is 0 Å². The number of hydrogen-bond acceptors (Lipinski definition) is 2. The molecule has 94 valence electrons. The maximum atomic E-state index is 5.61. The summed E-state index contributed by atoms with van der Waals surface area (Å²) in [5.74, 6) is 0.754. The van der Waals surface area contributed by atoms with Crippen LogP contribution in [0, 0.1) is 13.8 Å². The standard InChI is InChI=1S/C15H24N2/c1-12-3-4-13(2)15(11-12)14-5-8-17(9-6-14)10-7-16/h3-4,11,14H,5-10,16H2,1-2H3. The highest BCUT2D eigenvalue weighted by molar-refractivity contribution is 5.33. The lowest BCUT2D eigenvalue weighted by Crippen LogP contribution is -2.36. The van der Waals surface area contributed by atoms with Gasteiger partial charge in [0.2, 0.25) is 0 Å². The predicted octanol–water partition coefficient (Wildman–Crippen LogP) is 2.44. The highest BCUT2D eigenvalue weighted by Gasteiger charge is 2.21. The van der Waals surface area contributed by atoms with E-state index in [1.807, 2.05) is 0 Å². The van der Waals surface area contributed by atoms with Crippen LogP contribution in [0.25, 0.3) is 0 Å². The van der Waals surface area contributed by atoms with Gasteiger partial charge in [-0.25, -0.2) is 0 Å². The maximum Gasteiger partial charge on any atom is 0.0105 e. The van der Waals surface area contributed by atoms with E-state index in [4.69, 9.17) is 5.73 Å². The Balaban J connectivity index is 2.02. The summed E-state index contributed by atoms with van der Waals surface area (Å²) in [6, 6.07) is 6.85. The van der Waals surface area contributed by atoms with Gasteiger partial charge in [0, 0.05) is 13.1 Å². The SMILES string of the molecule is Cc1ccc(C)c(C2CCN(CCN)CC2)c1. The first-order valence-corrected chi connectivity index (χ1v) is 6.70. The highest BCUT2D eigenvalue weighted by atomic mass is 15.1. The third-order valence-corrected chi connectivity index (χ3v) is 3.91. The van der Waals surface area contributed by atoms with Crippen molar-refractivity contribution >= 4 is 0 Å². The van der Waals surface area contributed by atoms with Crippen LogP contribution in [0.15, 0.2) is 18.2 Å². The fraction of sp³-hybridized carbons (Fsp3) is 0.600. The average Bonchev–Trinajstić information content (AvgIpc) is 2.34. The van der Waals surface area contributed by atoms with Crippen molar-refractivity contribution in [3.63, 3.8) is 0 Å². The number of piperidine rings is 1. The van der Waals surface area contributed by atoms with Crippen LogP contribution in [0.1, 0.15) is 35.4 Å². The molecule has 2 nitrogen and oxygen atoms in total. The van der Waals surface area contributed by atoms with Gasteiger partial charge in [-0.2, -0.15) is 0 Å². The minimum atomic E-state index is 0.754. The van der Waals surface area contributed by atoms with Crippen LogP contribution in [0.2, 0.25) is 0 Å². The number of nitrogens with zero attached hydrogens (tertiary/aromatic N) is 1. The van der Waals surface area contributed by atoms with Crippen molar-refractivity contribution in [2.24, 2.45) is 5.73 Å². The van der Waals surface area contributed by atoms with Crippen molar-refractivity contribution in [3.05, 3.63) is 34.9 Å². The Bertz CT molecular complexity index is 365. The number of nitrogens with two attached hydrogens (primary N) is 1. The molecular weight excluding hydrogens is 208 g/mol. The van der Waals surface area contributed by atoms with Gasteiger partial charge >= 0.3 is 0 Å². The molecule has 0 spiro atoms. The van der Waals surface area contributed by atoms with Crippen LogP contribution in [0.5, 0.6) is 0 Å². The summed E-state index contributed by atoms with van der Waals surface area (Å²) in [6.45, 7) is 8.67. The summed E-state index contributed by atoms with van der Waals surface area (Å²) in [5, 5.41) is 0. The number of aryl methyl sites for hydroxylation is 2. The van der Waals surface area contributed by atoms with E-state index < -0.39 is 0 Å². The predicted molar refractivity (Wildman–Crippen MR) is 73.4 cm³/mol. The Hall–Kier alpha value is -0.860. The van der Waals surface area contributed by atoms with Crippen molar-refractivity contribution in [1.29, 1.82) is 0 Å². The maximum absolute atomic E-state index is 5.61. The lowest BCUT2D eigenvalue weighted by molar-refractivity contribution is 0.217. The zero-order valence-electron chi connectivity index (χ0n) is 11.1. The van der Waals surface area contributed by atoms with Gasteiger partial charge in [0.25, 0.3) is 0 Å². The smallest absolute Gasteiger partial charge is 0.0105 e. The lowest BCUT2D eigenvalue weighted by Gasteiger charge is -2.32. The van der Waals surface area contributed by atoms with E-state index in [-0.39, 0.29) is 0 Å². The third-order valence-electron chi connectivity index (χ3n) is 3.91. The zero-order valence-corrected chi connectivity index (χ0v) is 11.1. The molecule has 2 N–H and O–H groups in total. The van der Waals surface area contributed by atoms with Crippen molar-refractivity contribution in [2.45, 2.75) is 32.6 Å². The van der Waals surface area contributed by atoms with E-state index in [1.165, 1.54) is 37.1 Å². The zero-order chi connectivity index (χ0) is 12.3. The second-order valence-electron chi connectivity index (χ2n) is 5.26. The van der Waals surface area contributed by atoms with E-state index in [1.54, 1.807) is 5.56 Å². The summed E-state index contributed by atoms with van der Waals surface area (Å²) in [5.41, 5.74) is 10.0. The Morgan fingerprint density at radius 2 is 1.94 bits per heavy atom. The fourth-order valence-electron chi connectivity index (χ4n) is 2.85. The second-order valence-corrected chi connectivity index (χ2v) is 5.26. The monoisotopic (exact) mass is 232 g/mol. The molecule has 0 radical (unpaired) electrons. The molecule has 0 amide bonds. The first-order chi connectivity index (χ1) is 8.20. The molecule has 1 aliphatic rings. The van der Waals surface area contributed by atoms with Gasteiger partial charge in [0.15, 0.2) is 0 Å². The minimum absolute atomic E-state index is 0.754. The van der Waals surface area contributed by atoms with Crippen molar-refractivity contribution in [1.82, 2.24) is 4.90 Å². The summed E-state index contributed by atoms with van der Waals surface area (Å²) < 4.78 is 0. The van der Waals surface area contributed by atoms with E-state index >= 15 is 0 Å². The van der Waals surface area contributed by atoms with Gasteiger partial charge in [0.05, 0.1) is 0 Å². The summed E-state index contributed by atoms with van der Waals surface area (Å²) in [4.78, 5) is 2.49. The van der Waals surface area contributed by atoms with Gasteiger partial charge in [0.1, 0.15) is 0 Å². The van der Waals surface area contributed by atoms with Crippen LogP contribution in [-0.4, -0.2) is 31.1 Å². The summed E-state index contributed by atoms with van der Waals surface area (Å²) in [7, 11) is 0. The number of hydrogen-bond donors (Lipinski definition) is 1. The molecule has 1 heterocycles. The average molecular weight is 232 g/mol. The quantitative estimate of drug-likeness (QED) is 0.867. The molecule has 0 aromatic heterocycles.